The average Bonchev–Trinajstić information content (AvgIpc) is 2.18. The third kappa shape index (κ3) is 4.73. The smallest absolute Gasteiger partial charge is 0.0362 e. The van der Waals surface area contributed by atoms with Gasteiger partial charge in [0.1, 0.15) is 0 Å². The van der Waals surface area contributed by atoms with Gasteiger partial charge >= 0.3 is 0 Å². The van der Waals surface area contributed by atoms with E-state index in [9.17, 15) is 0 Å². The second-order valence-electron chi connectivity index (χ2n) is 4.17. The zero-order chi connectivity index (χ0) is 11.1. The molecule has 84 valence electrons. The summed E-state index contributed by atoms with van der Waals surface area (Å²) in [6.07, 6.45) is 5.13. The molecule has 0 saturated carbocycles. The summed E-state index contributed by atoms with van der Waals surface area (Å²) in [5, 5.41) is 3.46. The summed E-state index contributed by atoms with van der Waals surface area (Å²) in [5.41, 5.74) is 7.66. The van der Waals surface area contributed by atoms with Crippen LogP contribution in [0.25, 0.3) is 0 Å². The molecule has 0 aliphatic heterocycles. The van der Waals surface area contributed by atoms with Crippen molar-refractivity contribution in [2.24, 2.45) is 0 Å². The molecule has 0 amide bonds. The zero-order valence-corrected chi connectivity index (χ0v) is 9.79. The summed E-state index contributed by atoms with van der Waals surface area (Å²) in [4.78, 5) is 0. The summed E-state index contributed by atoms with van der Waals surface area (Å²) < 4.78 is 0. The number of nitrogen functional groups attached to an aromatic ring is 1. The van der Waals surface area contributed by atoms with Gasteiger partial charge < -0.3 is 11.1 Å². The minimum atomic E-state index is 0.526. The van der Waals surface area contributed by atoms with Gasteiger partial charge in [0, 0.05) is 17.4 Å². The third-order valence-corrected chi connectivity index (χ3v) is 2.54. The van der Waals surface area contributed by atoms with Crippen molar-refractivity contribution in [3.63, 3.8) is 0 Å². The molecular weight excluding hydrogens is 184 g/mol. The Morgan fingerprint density at radius 1 is 1.33 bits per heavy atom. The van der Waals surface area contributed by atoms with Crippen molar-refractivity contribution in [1.82, 2.24) is 0 Å². The molecule has 1 unspecified atom stereocenters. The standard InChI is InChI=1S/C13H22N2/c1-3-4-5-7-11(2)15-13-9-6-8-12(14)10-13/h6,8-11,15H,3-5,7,14H2,1-2H3. The van der Waals surface area contributed by atoms with E-state index in [1.54, 1.807) is 0 Å². The summed E-state index contributed by atoms with van der Waals surface area (Å²) in [6.45, 7) is 4.45. The first-order valence-corrected chi connectivity index (χ1v) is 5.84. The van der Waals surface area contributed by atoms with Crippen LogP contribution in [0.15, 0.2) is 24.3 Å². The van der Waals surface area contributed by atoms with Crippen LogP contribution in [0.2, 0.25) is 0 Å². The highest BCUT2D eigenvalue weighted by Gasteiger charge is 2.01. The molecule has 0 bridgehead atoms. The van der Waals surface area contributed by atoms with Crippen LogP contribution in [0.5, 0.6) is 0 Å². The maximum atomic E-state index is 5.72. The first kappa shape index (κ1) is 11.9. The fraction of sp³-hybridized carbons (Fsp3) is 0.538. The highest BCUT2D eigenvalue weighted by molar-refractivity contribution is 5.54. The predicted molar refractivity (Wildman–Crippen MR) is 68.1 cm³/mol. The molecule has 0 saturated heterocycles. The molecule has 1 aromatic rings. The van der Waals surface area contributed by atoms with Crippen LogP contribution in [0.4, 0.5) is 11.4 Å². The van der Waals surface area contributed by atoms with E-state index >= 15 is 0 Å². The zero-order valence-electron chi connectivity index (χ0n) is 9.79. The Morgan fingerprint density at radius 2 is 2.13 bits per heavy atom. The second-order valence-corrected chi connectivity index (χ2v) is 4.17. The third-order valence-electron chi connectivity index (χ3n) is 2.54. The number of rotatable bonds is 6. The van der Waals surface area contributed by atoms with Gasteiger partial charge in [0.15, 0.2) is 0 Å². The molecule has 0 radical (unpaired) electrons. The summed E-state index contributed by atoms with van der Waals surface area (Å²) in [5.74, 6) is 0. The van der Waals surface area contributed by atoms with Gasteiger partial charge in [-0.25, -0.2) is 0 Å². The number of unbranched alkanes of at least 4 members (excludes halogenated alkanes) is 2. The molecule has 0 aliphatic carbocycles. The predicted octanol–water partition coefficient (Wildman–Crippen LogP) is 3.65. The van der Waals surface area contributed by atoms with Crippen LogP contribution in [-0.2, 0) is 0 Å². The summed E-state index contributed by atoms with van der Waals surface area (Å²) in [6, 6.07) is 8.46. The van der Waals surface area contributed by atoms with Crippen LogP contribution < -0.4 is 11.1 Å². The Kier molecular flexibility index (Phi) is 5.02. The van der Waals surface area contributed by atoms with E-state index in [2.05, 4.69) is 25.2 Å². The molecular formula is C13H22N2. The maximum Gasteiger partial charge on any atom is 0.0362 e. The van der Waals surface area contributed by atoms with E-state index in [1.807, 2.05) is 18.2 Å². The van der Waals surface area contributed by atoms with Gasteiger partial charge in [-0.15, -0.1) is 0 Å². The Balaban J connectivity index is 2.34. The second kappa shape index (κ2) is 6.33. The molecule has 0 heterocycles. The average molecular weight is 206 g/mol. The van der Waals surface area contributed by atoms with Crippen molar-refractivity contribution in [2.75, 3.05) is 11.1 Å². The number of benzene rings is 1. The van der Waals surface area contributed by atoms with E-state index in [4.69, 9.17) is 5.73 Å². The minimum Gasteiger partial charge on any atom is -0.399 e. The van der Waals surface area contributed by atoms with E-state index < -0.39 is 0 Å². The number of hydrogen-bond donors (Lipinski definition) is 2. The van der Waals surface area contributed by atoms with Crippen LogP contribution in [0.1, 0.15) is 39.5 Å². The van der Waals surface area contributed by atoms with Gasteiger partial charge in [-0.1, -0.05) is 32.3 Å². The highest BCUT2D eigenvalue weighted by atomic mass is 14.9. The van der Waals surface area contributed by atoms with Crippen LogP contribution in [-0.4, -0.2) is 6.04 Å². The van der Waals surface area contributed by atoms with E-state index in [0.717, 1.165) is 11.4 Å². The quantitative estimate of drug-likeness (QED) is 0.550. The van der Waals surface area contributed by atoms with Crippen molar-refractivity contribution in [2.45, 2.75) is 45.6 Å². The molecule has 0 fully saturated rings. The van der Waals surface area contributed by atoms with Crippen molar-refractivity contribution in [3.8, 4) is 0 Å². The lowest BCUT2D eigenvalue weighted by Crippen LogP contribution is -2.14. The SMILES string of the molecule is CCCCCC(C)Nc1cccc(N)c1. The Hall–Kier alpha value is -1.18. The first-order chi connectivity index (χ1) is 7.22. The molecule has 2 heteroatoms. The lowest BCUT2D eigenvalue weighted by atomic mass is 10.1. The molecule has 1 aromatic carbocycles. The highest BCUT2D eigenvalue weighted by Crippen LogP contribution is 2.14. The summed E-state index contributed by atoms with van der Waals surface area (Å²) >= 11 is 0. The molecule has 1 atom stereocenters. The molecule has 0 spiro atoms. The van der Waals surface area contributed by atoms with Gasteiger partial charge in [-0.3, -0.25) is 0 Å². The Morgan fingerprint density at radius 3 is 2.80 bits per heavy atom. The monoisotopic (exact) mass is 206 g/mol. The molecule has 15 heavy (non-hydrogen) atoms. The van der Waals surface area contributed by atoms with Crippen molar-refractivity contribution < 1.29 is 0 Å². The summed E-state index contributed by atoms with van der Waals surface area (Å²) in [7, 11) is 0. The number of anilines is 2. The van der Waals surface area contributed by atoms with Gasteiger partial charge in [0.25, 0.3) is 0 Å². The van der Waals surface area contributed by atoms with E-state index in [1.165, 1.54) is 25.7 Å². The number of nitrogens with one attached hydrogen (secondary N) is 1. The number of hydrogen-bond acceptors (Lipinski definition) is 2. The lowest BCUT2D eigenvalue weighted by molar-refractivity contribution is 0.615. The fourth-order valence-corrected chi connectivity index (χ4v) is 1.69. The minimum absolute atomic E-state index is 0.526. The molecule has 1 rings (SSSR count). The van der Waals surface area contributed by atoms with Crippen LogP contribution in [0.3, 0.4) is 0 Å². The topological polar surface area (TPSA) is 38.0 Å². The number of nitrogens with two attached hydrogens (primary N) is 1. The normalized spacial score (nSPS) is 12.4. The van der Waals surface area contributed by atoms with E-state index in [0.29, 0.717) is 6.04 Å². The molecule has 2 nitrogen and oxygen atoms in total. The van der Waals surface area contributed by atoms with Gasteiger partial charge in [0.2, 0.25) is 0 Å². The maximum absolute atomic E-state index is 5.72. The van der Waals surface area contributed by atoms with Crippen LogP contribution >= 0.6 is 0 Å². The Bertz CT molecular complexity index is 284. The van der Waals surface area contributed by atoms with Crippen molar-refractivity contribution in [1.29, 1.82) is 0 Å². The largest absolute Gasteiger partial charge is 0.399 e. The van der Waals surface area contributed by atoms with Gasteiger partial charge in [0.05, 0.1) is 0 Å². The molecule has 0 aliphatic rings. The Labute approximate surface area is 92.9 Å². The van der Waals surface area contributed by atoms with E-state index in [-0.39, 0.29) is 0 Å². The molecule has 0 aromatic heterocycles. The molecule has 3 N–H and O–H groups in total. The lowest BCUT2D eigenvalue weighted by Gasteiger charge is -2.15. The van der Waals surface area contributed by atoms with Gasteiger partial charge in [-0.2, -0.15) is 0 Å². The van der Waals surface area contributed by atoms with Crippen LogP contribution in [0, 0.1) is 0 Å². The fourth-order valence-electron chi connectivity index (χ4n) is 1.69. The van der Waals surface area contributed by atoms with Gasteiger partial charge in [-0.05, 0) is 31.5 Å². The van der Waals surface area contributed by atoms with Crippen molar-refractivity contribution in [3.05, 3.63) is 24.3 Å². The first-order valence-electron chi connectivity index (χ1n) is 5.84. The van der Waals surface area contributed by atoms with Crippen molar-refractivity contribution >= 4 is 11.4 Å².